The van der Waals surface area contributed by atoms with Crippen molar-refractivity contribution in [2.75, 3.05) is 10.7 Å². The van der Waals surface area contributed by atoms with Crippen molar-refractivity contribution in [3.63, 3.8) is 0 Å². The van der Waals surface area contributed by atoms with Gasteiger partial charge in [-0.15, -0.1) is 23.1 Å². The number of hydrogen-bond donors (Lipinski definition) is 0. The first kappa shape index (κ1) is 21.1. The molecule has 2 aromatic rings. The predicted octanol–water partition coefficient (Wildman–Crippen LogP) is 4.64. The minimum Gasteiger partial charge on any atom is -0.326 e. The summed E-state index contributed by atoms with van der Waals surface area (Å²) < 4.78 is 1.09. The highest BCUT2D eigenvalue weighted by atomic mass is 32.2. The van der Waals surface area contributed by atoms with Gasteiger partial charge in [0.25, 0.3) is 5.91 Å². The first-order valence-corrected chi connectivity index (χ1v) is 12.3. The molecule has 30 heavy (non-hydrogen) atoms. The maximum Gasteiger partial charge on any atom is 0.257 e. The molecule has 4 rings (SSSR count). The minimum atomic E-state index is -0.696. The van der Waals surface area contributed by atoms with E-state index in [1.54, 1.807) is 28.4 Å². The van der Waals surface area contributed by atoms with Crippen molar-refractivity contribution in [1.82, 2.24) is 4.90 Å². The lowest BCUT2D eigenvalue weighted by molar-refractivity contribution is -0.139. The lowest BCUT2D eigenvalue weighted by atomic mass is 9.92. The molecule has 1 saturated heterocycles. The Kier molecular flexibility index (Phi) is 6.58. The van der Waals surface area contributed by atoms with Crippen LogP contribution in [0.2, 0.25) is 0 Å². The first-order valence-electron chi connectivity index (χ1n) is 10.5. The zero-order chi connectivity index (χ0) is 21.1. The molecule has 1 unspecified atom stereocenters. The molecule has 0 bridgehead atoms. The van der Waals surface area contributed by atoms with Crippen molar-refractivity contribution in [2.45, 2.75) is 61.7 Å². The molecule has 1 saturated carbocycles. The van der Waals surface area contributed by atoms with Crippen molar-refractivity contribution in [2.24, 2.45) is 0 Å². The Morgan fingerprint density at radius 1 is 1.13 bits per heavy atom. The van der Waals surface area contributed by atoms with E-state index in [-0.39, 0.29) is 30.2 Å². The third-order valence-corrected chi connectivity index (χ3v) is 7.96. The number of carbonyl (C=O) groups is 3. The summed E-state index contributed by atoms with van der Waals surface area (Å²) in [5, 5.41) is 1.99. The van der Waals surface area contributed by atoms with Crippen LogP contribution in [0.15, 0.2) is 46.0 Å². The predicted molar refractivity (Wildman–Crippen MR) is 121 cm³/mol. The summed E-state index contributed by atoms with van der Waals surface area (Å²) in [6.45, 7) is 1.97. The average Bonchev–Trinajstić information content (AvgIpc) is 3.37. The van der Waals surface area contributed by atoms with Gasteiger partial charge in [0.15, 0.2) is 0 Å². The number of nitrogens with zero attached hydrogens (tertiary/aromatic N) is 2. The van der Waals surface area contributed by atoms with E-state index in [0.717, 1.165) is 41.9 Å². The van der Waals surface area contributed by atoms with Crippen LogP contribution >= 0.6 is 23.1 Å². The normalized spacial score (nSPS) is 20.0. The Morgan fingerprint density at radius 3 is 2.53 bits per heavy atom. The average molecular weight is 443 g/mol. The Morgan fingerprint density at radius 2 is 1.87 bits per heavy atom. The number of amides is 3. The Balaban J connectivity index is 1.56. The Hall–Kier alpha value is -2.12. The van der Waals surface area contributed by atoms with Crippen LogP contribution in [0.5, 0.6) is 0 Å². The van der Waals surface area contributed by atoms with Gasteiger partial charge in [-0.3, -0.25) is 14.4 Å². The highest BCUT2D eigenvalue weighted by molar-refractivity contribution is 8.01. The van der Waals surface area contributed by atoms with E-state index in [2.05, 4.69) is 0 Å². The molecule has 1 aliphatic carbocycles. The van der Waals surface area contributed by atoms with Crippen LogP contribution in [0.4, 0.5) is 5.69 Å². The summed E-state index contributed by atoms with van der Waals surface area (Å²) in [5.74, 6) is -0.256. The van der Waals surface area contributed by atoms with Crippen molar-refractivity contribution in [3.8, 4) is 0 Å². The molecule has 1 aromatic heterocycles. The van der Waals surface area contributed by atoms with Crippen LogP contribution in [0.25, 0.3) is 0 Å². The number of rotatable bonds is 6. The van der Waals surface area contributed by atoms with E-state index >= 15 is 0 Å². The number of carbonyl (C=O) groups excluding carboxylic acids is 3. The van der Waals surface area contributed by atoms with Gasteiger partial charge in [0.2, 0.25) is 11.8 Å². The first-order chi connectivity index (χ1) is 14.5. The molecular formula is C23H26N2O3S2. The van der Waals surface area contributed by atoms with Crippen molar-refractivity contribution in [1.29, 1.82) is 0 Å². The van der Waals surface area contributed by atoms with Crippen molar-refractivity contribution < 1.29 is 14.4 Å². The summed E-state index contributed by atoms with van der Waals surface area (Å²) in [4.78, 5) is 42.4. The smallest absolute Gasteiger partial charge is 0.257 e. The van der Waals surface area contributed by atoms with E-state index in [4.69, 9.17) is 0 Å². The second-order valence-electron chi connectivity index (χ2n) is 7.94. The third kappa shape index (κ3) is 4.47. The van der Waals surface area contributed by atoms with Crippen molar-refractivity contribution >= 4 is 46.5 Å². The lowest BCUT2D eigenvalue weighted by Gasteiger charge is -2.37. The molecule has 2 fully saturated rings. The monoisotopic (exact) mass is 442 g/mol. The van der Waals surface area contributed by atoms with Crippen molar-refractivity contribution in [3.05, 3.63) is 47.3 Å². The molecule has 1 aliphatic heterocycles. The minimum absolute atomic E-state index is 0.0369. The van der Waals surface area contributed by atoms with Crippen LogP contribution in [0.3, 0.4) is 0 Å². The number of thiophene rings is 1. The van der Waals surface area contributed by atoms with E-state index in [9.17, 15) is 14.4 Å². The maximum absolute atomic E-state index is 13.3. The molecule has 5 nitrogen and oxygen atoms in total. The zero-order valence-electron chi connectivity index (χ0n) is 17.1. The summed E-state index contributed by atoms with van der Waals surface area (Å²) in [6, 6.07) is 10.7. The van der Waals surface area contributed by atoms with E-state index in [0.29, 0.717) is 11.4 Å². The second-order valence-corrected chi connectivity index (χ2v) is 10.2. The van der Waals surface area contributed by atoms with Crippen LogP contribution in [0, 0.1) is 6.92 Å². The number of thioether (sulfide) groups is 1. The molecule has 7 heteroatoms. The van der Waals surface area contributed by atoms with Gasteiger partial charge in [-0.2, -0.15) is 0 Å². The molecule has 0 radical (unpaired) electrons. The van der Waals surface area contributed by atoms with E-state index < -0.39 is 6.04 Å². The molecule has 3 amide bonds. The SMILES string of the molecule is Cc1ccc(N2C(=O)CC(N(C(=O)CSc3cccs3)C3CCCCC3)C2=O)cc1. The lowest BCUT2D eigenvalue weighted by Crippen LogP contribution is -2.52. The van der Waals surface area contributed by atoms with Gasteiger partial charge >= 0.3 is 0 Å². The van der Waals surface area contributed by atoms with Gasteiger partial charge in [-0.05, 0) is 43.3 Å². The van der Waals surface area contributed by atoms with Gasteiger partial charge in [-0.25, -0.2) is 4.90 Å². The number of aryl methyl sites for hydroxylation is 1. The molecule has 0 spiro atoms. The fraction of sp³-hybridized carbons (Fsp3) is 0.435. The van der Waals surface area contributed by atoms with Crippen LogP contribution < -0.4 is 4.90 Å². The number of hydrogen-bond acceptors (Lipinski definition) is 5. The maximum atomic E-state index is 13.3. The molecular weight excluding hydrogens is 416 g/mol. The summed E-state index contributed by atoms with van der Waals surface area (Å²) >= 11 is 3.11. The standard InChI is InChI=1S/C23H26N2O3S2/c1-16-9-11-18(12-10-16)25-20(26)14-19(23(25)28)24(17-6-3-2-4-7-17)21(27)15-30-22-8-5-13-29-22/h5,8-13,17,19H,2-4,6-7,14-15H2,1H3. The third-order valence-electron chi connectivity index (χ3n) is 5.84. The van der Waals surface area contributed by atoms with Gasteiger partial charge in [0, 0.05) is 6.04 Å². The van der Waals surface area contributed by atoms with Gasteiger partial charge in [0.1, 0.15) is 6.04 Å². The van der Waals surface area contributed by atoms with Gasteiger partial charge in [0.05, 0.1) is 22.1 Å². The van der Waals surface area contributed by atoms with Crippen LogP contribution in [0.1, 0.15) is 44.1 Å². The van der Waals surface area contributed by atoms with Gasteiger partial charge in [-0.1, -0.05) is 43.0 Å². The quantitative estimate of drug-likeness (QED) is 0.483. The number of anilines is 1. The van der Waals surface area contributed by atoms with Gasteiger partial charge < -0.3 is 4.90 Å². The second kappa shape index (κ2) is 9.35. The topological polar surface area (TPSA) is 57.7 Å². The molecule has 158 valence electrons. The summed E-state index contributed by atoms with van der Waals surface area (Å²) in [6.07, 6.45) is 5.15. The highest BCUT2D eigenvalue weighted by Gasteiger charge is 2.46. The summed E-state index contributed by atoms with van der Waals surface area (Å²) in [7, 11) is 0. The van der Waals surface area contributed by atoms with Crippen LogP contribution in [-0.2, 0) is 14.4 Å². The largest absolute Gasteiger partial charge is 0.326 e. The number of imide groups is 1. The van der Waals surface area contributed by atoms with E-state index in [1.165, 1.54) is 16.7 Å². The molecule has 2 aliphatic rings. The van der Waals surface area contributed by atoms with Crippen LogP contribution in [-0.4, -0.2) is 40.5 Å². The Labute approximate surface area is 185 Å². The highest BCUT2D eigenvalue weighted by Crippen LogP contribution is 2.32. The summed E-state index contributed by atoms with van der Waals surface area (Å²) in [5.41, 5.74) is 1.65. The van der Waals surface area contributed by atoms with E-state index in [1.807, 2.05) is 36.6 Å². The fourth-order valence-corrected chi connectivity index (χ4v) is 6.00. The fourth-order valence-electron chi connectivity index (χ4n) is 4.34. The molecule has 1 atom stereocenters. The number of benzene rings is 1. The zero-order valence-corrected chi connectivity index (χ0v) is 18.7. The Bertz CT molecular complexity index is 905. The molecule has 1 aromatic carbocycles. The molecule has 0 N–H and O–H groups in total. The molecule has 2 heterocycles.